The summed E-state index contributed by atoms with van der Waals surface area (Å²) in [5.41, 5.74) is 1.50. The number of benzene rings is 2. The maximum absolute atomic E-state index is 15.3. The van der Waals surface area contributed by atoms with Crippen LogP contribution in [0.1, 0.15) is 53.4 Å². The van der Waals surface area contributed by atoms with Crippen molar-refractivity contribution < 1.29 is 32.7 Å². The Balaban J connectivity index is 1.31. The highest BCUT2D eigenvalue weighted by Gasteiger charge is 2.41. The predicted molar refractivity (Wildman–Crippen MR) is 157 cm³/mol. The number of nitrogens with one attached hydrogen (secondary N) is 1. The zero-order valence-corrected chi connectivity index (χ0v) is 24.8. The Morgan fingerprint density at radius 2 is 2.02 bits per heavy atom. The van der Waals surface area contributed by atoms with E-state index in [-0.39, 0.29) is 53.0 Å². The van der Waals surface area contributed by atoms with Gasteiger partial charge in [0.05, 0.1) is 48.5 Å². The largest absolute Gasteiger partial charge is 0.469 e. The van der Waals surface area contributed by atoms with E-state index >= 15 is 4.39 Å². The lowest BCUT2D eigenvalue weighted by Crippen LogP contribution is -2.35. The summed E-state index contributed by atoms with van der Waals surface area (Å²) in [4.78, 5) is 44.0. The van der Waals surface area contributed by atoms with Crippen molar-refractivity contribution in [3.63, 3.8) is 0 Å². The number of nitrogens with zero attached hydrogens (tertiary/aromatic N) is 3. The topological polar surface area (TPSA) is 116 Å². The molecule has 12 heteroatoms. The molecule has 2 atom stereocenters. The lowest BCUT2D eigenvalue weighted by molar-refractivity contribution is -0.140. The lowest BCUT2D eigenvalue weighted by atomic mass is 10.1. The molecule has 1 fully saturated rings. The van der Waals surface area contributed by atoms with Crippen LogP contribution < -0.4 is 5.32 Å². The smallest absolute Gasteiger partial charge is 0.305 e. The number of hydrogen-bond donors (Lipinski definition) is 1. The van der Waals surface area contributed by atoms with Crippen molar-refractivity contribution in [3.8, 4) is 0 Å². The van der Waals surface area contributed by atoms with Gasteiger partial charge in [-0.2, -0.15) is 0 Å². The van der Waals surface area contributed by atoms with Crippen LogP contribution in [0.3, 0.4) is 0 Å². The molecule has 3 heterocycles. The SMILES string of the molecule is CCO[C@H]1CCN(C(=O)Cc2cc(Cl)c(NC(=O)c3cn(C)c4ccccc34)cc2F)[C@@H]1c1ncc(CCC(=O)OC)o1. The monoisotopic (exact) mass is 610 g/mol. The molecule has 10 nitrogen and oxygen atoms in total. The molecule has 0 unspecified atom stereocenters. The van der Waals surface area contributed by atoms with Crippen LogP contribution in [0.15, 0.2) is 53.2 Å². The molecule has 0 radical (unpaired) electrons. The minimum atomic E-state index is -0.677. The Kier molecular flexibility index (Phi) is 9.12. The van der Waals surface area contributed by atoms with Gasteiger partial charge < -0.3 is 28.7 Å². The highest BCUT2D eigenvalue weighted by Crippen LogP contribution is 2.36. The normalized spacial score (nSPS) is 16.5. The van der Waals surface area contributed by atoms with E-state index in [1.165, 1.54) is 19.4 Å². The number of methoxy groups -OCH3 is 1. The standard InChI is InChI=1S/C31H32ClFN4O6/c1-4-42-26-11-12-37(29(26)31-34-16-19(43-31)9-10-28(39)41-3)27(38)14-18-13-22(32)24(15-23(18)33)35-30(40)21-17-36(2)25-8-6-5-7-20(21)25/h5-8,13,15-17,26,29H,4,9-12,14H2,1-3H3,(H,35,40)/t26-,29-/m0/s1. The lowest BCUT2D eigenvalue weighted by Gasteiger charge is -2.26. The third-order valence-electron chi connectivity index (χ3n) is 7.54. The molecule has 5 rings (SSSR count). The van der Waals surface area contributed by atoms with Crippen LogP contribution in [0.5, 0.6) is 0 Å². The molecule has 0 bridgehead atoms. The average molecular weight is 611 g/mol. The molecule has 0 spiro atoms. The van der Waals surface area contributed by atoms with Crippen LogP contribution in [0, 0.1) is 5.82 Å². The average Bonchev–Trinajstić information content (AvgIpc) is 3.72. The van der Waals surface area contributed by atoms with Crippen LogP contribution in [-0.2, 0) is 39.0 Å². The summed E-state index contributed by atoms with van der Waals surface area (Å²) in [5.74, 6) is -1.07. The molecule has 43 heavy (non-hydrogen) atoms. The molecule has 1 saturated heterocycles. The first-order valence-corrected chi connectivity index (χ1v) is 14.3. The van der Waals surface area contributed by atoms with E-state index in [1.807, 2.05) is 42.8 Å². The number of para-hydroxylation sites is 1. The van der Waals surface area contributed by atoms with Crippen LogP contribution in [0.2, 0.25) is 5.02 Å². The highest BCUT2D eigenvalue weighted by molar-refractivity contribution is 6.34. The fraction of sp³-hybridized carbons (Fsp3) is 0.355. The Bertz CT molecular complexity index is 1670. The van der Waals surface area contributed by atoms with Gasteiger partial charge in [-0.15, -0.1) is 0 Å². The maximum Gasteiger partial charge on any atom is 0.305 e. The first-order valence-electron chi connectivity index (χ1n) is 14.0. The van der Waals surface area contributed by atoms with Gasteiger partial charge in [0.25, 0.3) is 5.91 Å². The van der Waals surface area contributed by atoms with E-state index in [1.54, 1.807) is 11.1 Å². The van der Waals surface area contributed by atoms with Crippen LogP contribution in [0.4, 0.5) is 10.1 Å². The van der Waals surface area contributed by atoms with E-state index in [9.17, 15) is 14.4 Å². The fourth-order valence-corrected chi connectivity index (χ4v) is 5.66. The van der Waals surface area contributed by atoms with Gasteiger partial charge >= 0.3 is 5.97 Å². The molecule has 0 aliphatic carbocycles. The van der Waals surface area contributed by atoms with Crippen molar-refractivity contribution in [2.45, 2.75) is 44.8 Å². The van der Waals surface area contributed by atoms with E-state index in [0.717, 1.165) is 17.0 Å². The fourth-order valence-electron chi connectivity index (χ4n) is 5.42. The Hall–Kier alpha value is -4.22. The van der Waals surface area contributed by atoms with E-state index in [0.29, 0.717) is 37.3 Å². The van der Waals surface area contributed by atoms with Gasteiger partial charge in [0.15, 0.2) is 0 Å². The third-order valence-corrected chi connectivity index (χ3v) is 7.85. The number of halogens is 2. The van der Waals surface area contributed by atoms with Gasteiger partial charge in [0, 0.05) is 43.7 Å². The van der Waals surface area contributed by atoms with Gasteiger partial charge in [-0.05, 0) is 37.1 Å². The van der Waals surface area contributed by atoms with E-state index in [2.05, 4.69) is 15.0 Å². The van der Waals surface area contributed by atoms with Gasteiger partial charge in [-0.1, -0.05) is 29.8 Å². The molecule has 2 aromatic heterocycles. The summed E-state index contributed by atoms with van der Waals surface area (Å²) < 4.78 is 33.6. The highest BCUT2D eigenvalue weighted by atomic mass is 35.5. The van der Waals surface area contributed by atoms with E-state index < -0.39 is 17.8 Å². The molecule has 2 aromatic carbocycles. The molecule has 2 amide bonds. The summed E-state index contributed by atoms with van der Waals surface area (Å²) in [6, 6.07) is 9.33. The van der Waals surface area contributed by atoms with Gasteiger partial charge in [0.2, 0.25) is 11.8 Å². The number of oxazole rings is 1. The number of aromatic nitrogens is 2. The number of aryl methyl sites for hydroxylation is 2. The second-order valence-electron chi connectivity index (χ2n) is 10.3. The van der Waals surface area contributed by atoms with Crippen molar-refractivity contribution >= 4 is 46.0 Å². The number of amides is 2. The third kappa shape index (κ3) is 6.42. The summed E-state index contributed by atoms with van der Waals surface area (Å²) in [5, 5.41) is 3.55. The molecule has 1 aliphatic rings. The van der Waals surface area contributed by atoms with Crippen LogP contribution >= 0.6 is 11.6 Å². The van der Waals surface area contributed by atoms with Gasteiger partial charge in [0.1, 0.15) is 17.6 Å². The number of esters is 1. The molecule has 4 aromatic rings. The number of hydrogen-bond acceptors (Lipinski definition) is 7. The van der Waals surface area contributed by atoms with Crippen molar-refractivity contribution in [1.29, 1.82) is 0 Å². The summed E-state index contributed by atoms with van der Waals surface area (Å²) in [6.07, 6.45) is 3.57. The zero-order valence-electron chi connectivity index (χ0n) is 24.1. The quantitative estimate of drug-likeness (QED) is 0.244. The summed E-state index contributed by atoms with van der Waals surface area (Å²) in [6.45, 7) is 2.65. The number of likely N-dealkylation sites (tertiary alicyclic amines) is 1. The second kappa shape index (κ2) is 13.0. The van der Waals surface area contributed by atoms with Gasteiger partial charge in [-0.3, -0.25) is 14.4 Å². The number of anilines is 1. The predicted octanol–water partition coefficient (Wildman–Crippen LogP) is 5.24. The number of fused-ring (bicyclic) bond motifs is 1. The Morgan fingerprint density at radius 1 is 1.23 bits per heavy atom. The minimum Gasteiger partial charge on any atom is -0.469 e. The first kappa shape index (κ1) is 30.2. The number of carbonyl (C=O) groups excluding carboxylic acids is 3. The molecule has 226 valence electrons. The van der Waals surface area contributed by atoms with Crippen molar-refractivity contribution in [2.75, 3.05) is 25.6 Å². The van der Waals surface area contributed by atoms with Crippen LogP contribution in [-0.4, -0.2) is 58.6 Å². The van der Waals surface area contributed by atoms with Crippen molar-refractivity contribution in [1.82, 2.24) is 14.5 Å². The molecule has 1 aliphatic heterocycles. The molecular formula is C31H32ClFN4O6. The van der Waals surface area contributed by atoms with Crippen molar-refractivity contribution in [2.24, 2.45) is 7.05 Å². The maximum atomic E-state index is 15.3. The summed E-state index contributed by atoms with van der Waals surface area (Å²) >= 11 is 6.46. The molecule has 0 saturated carbocycles. The minimum absolute atomic E-state index is 0.0861. The molecule has 1 N–H and O–H groups in total. The Labute approximate surface area is 252 Å². The Morgan fingerprint density at radius 3 is 2.79 bits per heavy atom. The van der Waals surface area contributed by atoms with Crippen LogP contribution in [0.25, 0.3) is 10.9 Å². The van der Waals surface area contributed by atoms with Gasteiger partial charge in [-0.25, -0.2) is 9.37 Å². The molecular weight excluding hydrogens is 579 g/mol. The first-order chi connectivity index (χ1) is 20.7. The summed E-state index contributed by atoms with van der Waals surface area (Å²) in [7, 11) is 3.15. The second-order valence-corrected chi connectivity index (χ2v) is 10.7. The van der Waals surface area contributed by atoms with E-state index in [4.69, 9.17) is 20.8 Å². The van der Waals surface area contributed by atoms with Crippen molar-refractivity contribution in [3.05, 3.63) is 82.4 Å². The number of rotatable bonds is 10. The number of carbonyl (C=O) groups is 3. The number of ether oxygens (including phenoxy) is 2. The zero-order chi connectivity index (χ0) is 30.7.